The van der Waals surface area contributed by atoms with Gasteiger partial charge in [0.1, 0.15) is 23.9 Å². The first-order valence-corrected chi connectivity index (χ1v) is 7.93. The fraction of sp³-hybridized carbons (Fsp3) is 0.200. The molecular formula is C20H14O3. The Labute approximate surface area is 132 Å². The van der Waals surface area contributed by atoms with Gasteiger partial charge in [0.2, 0.25) is 0 Å². The van der Waals surface area contributed by atoms with Crippen molar-refractivity contribution in [3.05, 3.63) is 71.3 Å². The lowest BCUT2D eigenvalue weighted by atomic mass is 9.79. The molecule has 1 heterocycles. The van der Waals surface area contributed by atoms with Crippen LogP contribution in [0.5, 0.6) is 0 Å². The number of epoxide rings is 1. The Balaban J connectivity index is 1.81. The van der Waals surface area contributed by atoms with Crippen molar-refractivity contribution >= 4 is 10.8 Å². The van der Waals surface area contributed by atoms with Crippen molar-refractivity contribution in [3.63, 3.8) is 0 Å². The molecule has 23 heavy (non-hydrogen) atoms. The Morgan fingerprint density at radius 1 is 0.913 bits per heavy atom. The number of ether oxygens (including phenoxy) is 1. The molecule has 112 valence electrons. The van der Waals surface area contributed by atoms with Crippen LogP contribution in [0, 0.1) is 0 Å². The lowest BCUT2D eigenvalue weighted by molar-refractivity contribution is -0.000531. The molecule has 0 amide bonds. The Bertz CT molecular complexity index is 1010. The SMILES string of the molecule is O[C@H]1[C@H](O)c2cccc3c2C2(O[C@H]12)c1ccc2ccccc2c1-3. The van der Waals surface area contributed by atoms with Gasteiger partial charge in [0.05, 0.1) is 0 Å². The van der Waals surface area contributed by atoms with Crippen LogP contribution >= 0.6 is 0 Å². The van der Waals surface area contributed by atoms with Gasteiger partial charge in [-0.2, -0.15) is 0 Å². The second kappa shape index (κ2) is 3.65. The highest BCUT2D eigenvalue weighted by atomic mass is 16.6. The largest absolute Gasteiger partial charge is 0.387 e. The Morgan fingerprint density at radius 2 is 1.78 bits per heavy atom. The fourth-order valence-corrected chi connectivity index (χ4v) is 4.69. The van der Waals surface area contributed by atoms with Gasteiger partial charge in [-0.25, -0.2) is 0 Å². The summed E-state index contributed by atoms with van der Waals surface area (Å²) in [7, 11) is 0. The summed E-state index contributed by atoms with van der Waals surface area (Å²) in [6, 6.07) is 18.5. The second-order valence-electron chi connectivity index (χ2n) is 6.69. The lowest BCUT2D eigenvalue weighted by Gasteiger charge is -2.26. The minimum Gasteiger partial charge on any atom is -0.387 e. The molecule has 1 saturated heterocycles. The average molecular weight is 302 g/mol. The second-order valence-corrected chi connectivity index (χ2v) is 6.69. The summed E-state index contributed by atoms with van der Waals surface area (Å²) in [5, 5.41) is 23.3. The van der Waals surface area contributed by atoms with Gasteiger partial charge in [-0.05, 0) is 33.0 Å². The van der Waals surface area contributed by atoms with Crippen LogP contribution in [0.4, 0.5) is 0 Å². The number of aliphatic hydroxyl groups is 2. The van der Waals surface area contributed by atoms with Crippen molar-refractivity contribution < 1.29 is 14.9 Å². The van der Waals surface area contributed by atoms with Gasteiger partial charge in [-0.15, -0.1) is 0 Å². The van der Waals surface area contributed by atoms with Gasteiger partial charge < -0.3 is 14.9 Å². The van der Waals surface area contributed by atoms with Gasteiger partial charge in [0, 0.05) is 5.56 Å². The first kappa shape index (κ1) is 12.3. The molecule has 0 aromatic heterocycles. The van der Waals surface area contributed by atoms with Crippen LogP contribution < -0.4 is 0 Å². The van der Waals surface area contributed by atoms with Gasteiger partial charge in [-0.3, -0.25) is 0 Å². The van der Waals surface area contributed by atoms with Gasteiger partial charge in [0.25, 0.3) is 0 Å². The highest BCUT2D eigenvalue weighted by Gasteiger charge is 2.70. The molecule has 2 aliphatic carbocycles. The molecule has 3 heteroatoms. The van der Waals surface area contributed by atoms with E-state index in [4.69, 9.17) is 4.74 Å². The average Bonchev–Trinajstić information content (AvgIpc) is 3.28. The number of hydrogen-bond acceptors (Lipinski definition) is 3. The third-order valence-corrected chi connectivity index (χ3v) is 5.68. The van der Waals surface area contributed by atoms with Crippen molar-refractivity contribution in [2.24, 2.45) is 0 Å². The zero-order chi connectivity index (χ0) is 15.3. The zero-order valence-corrected chi connectivity index (χ0v) is 12.2. The Hall–Kier alpha value is -2.20. The molecule has 3 aliphatic rings. The molecule has 3 aromatic rings. The summed E-state index contributed by atoms with van der Waals surface area (Å²) in [5.74, 6) is 0. The molecule has 1 spiro atoms. The van der Waals surface area contributed by atoms with Crippen molar-refractivity contribution in [1.82, 2.24) is 0 Å². The number of hydrogen-bond donors (Lipinski definition) is 2. The van der Waals surface area contributed by atoms with E-state index in [1.54, 1.807) is 0 Å². The van der Waals surface area contributed by atoms with Crippen LogP contribution in [0.15, 0.2) is 54.6 Å². The molecule has 1 unspecified atom stereocenters. The van der Waals surface area contributed by atoms with Crippen LogP contribution in [-0.4, -0.2) is 22.4 Å². The molecule has 0 bridgehead atoms. The first-order chi connectivity index (χ1) is 11.2. The topological polar surface area (TPSA) is 53.0 Å². The zero-order valence-electron chi connectivity index (χ0n) is 12.2. The number of aliphatic hydroxyl groups excluding tert-OH is 2. The van der Waals surface area contributed by atoms with Crippen molar-refractivity contribution in [1.29, 1.82) is 0 Å². The van der Waals surface area contributed by atoms with E-state index in [0.29, 0.717) is 0 Å². The van der Waals surface area contributed by atoms with E-state index in [-0.39, 0.29) is 6.10 Å². The molecule has 3 nitrogen and oxygen atoms in total. The van der Waals surface area contributed by atoms with Gasteiger partial charge in [-0.1, -0.05) is 54.6 Å². The maximum atomic E-state index is 10.5. The molecule has 0 saturated carbocycles. The van der Waals surface area contributed by atoms with E-state index >= 15 is 0 Å². The van der Waals surface area contributed by atoms with Crippen LogP contribution in [0.25, 0.3) is 21.9 Å². The van der Waals surface area contributed by atoms with E-state index in [2.05, 4.69) is 30.3 Å². The summed E-state index contributed by atoms with van der Waals surface area (Å²) >= 11 is 0. The predicted molar refractivity (Wildman–Crippen MR) is 86.0 cm³/mol. The van der Waals surface area contributed by atoms with Gasteiger partial charge >= 0.3 is 0 Å². The lowest BCUT2D eigenvalue weighted by Crippen LogP contribution is -2.34. The van der Waals surface area contributed by atoms with Crippen LogP contribution in [0.2, 0.25) is 0 Å². The standard InChI is InChI=1S/C20H14O3/c21-17-13-7-3-6-12-15-11-5-2-1-4-10(11)8-9-14(15)20(16(12)13)19(23-20)18(17)22/h1-9,17-19,21-22H/t17-,18+,19-,20?/m1/s1. The summed E-state index contributed by atoms with van der Waals surface area (Å²) < 4.78 is 6.04. The predicted octanol–water partition coefficient (Wildman–Crippen LogP) is 2.87. The highest BCUT2D eigenvalue weighted by molar-refractivity contribution is 6.03. The quantitative estimate of drug-likeness (QED) is 0.628. The Kier molecular flexibility index (Phi) is 1.94. The first-order valence-electron chi connectivity index (χ1n) is 7.93. The maximum absolute atomic E-state index is 10.5. The summed E-state index contributed by atoms with van der Waals surface area (Å²) in [6.07, 6.45) is -2.12. The smallest absolute Gasteiger partial charge is 0.149 e. The number of benzene rings is 3. The molecule has 1 aliphatic heterocycles. The summed E-state index contributed by atoms with van der Waals surface area (Å²) in [6.45, 7) is 0. The van der Waals surface area contributed by atoms with E-state index in [0.717, 1.165) is 22.3 Å². The van der Waals surface area contributed by atoms with E-state index in [1.165, 1.54) is 16.3 Å². The molecule has 2 N–H and O–H groups in total. The normalized spacial score (nSPS) is 32.3. The van der Waals surface area contributed by atoms with Crippen LogP contribution in [0.1, 0.15) is 22.8 Å². The third-order valence-electron chi connectivity index (χ3n) is 5.68. The minimum atomic E-state index is -0.883. The Morgan fingerprint density at radius 3 is 2.70 bits per heavy atom. The van der Waals surface area contributed by atoms with E-state index < -0.39 is 17.8 Å². The van der Waals surface area contributed by atoms with Crippen LogP contribution in [-0.2, 0) is 10.3 Å². The van der Waals surface area contributed by atoms with Crippen molar-refractivity contribution in [2.45, 2.75) is 23.9 Å². The molecule has 6 rings (SSSR count). The number of rotatable bonds is 0. The highest BCUT2D eigenvalue weighted by Crippen LogP contribution is 2.67. The molecule has 0 radical (unpaired) electrons. The minimum absolute atomic E-state index is 0.353. The molecule has 1 fully saturated rings. The number of fused-ring (bicyclic) bond motifs is 4. The third kappa shape index (κ3) is 1.18. The maximum Gasteiger partial charge on any atom is 0.149 e. The summed E-state index contributed by atoms with van der Waals surface area (Å²) in [4.78, 5) is 0. The molecule has 3 aromatic carbocycles. The summed E-state index contributed by atoms with van der Waals surface area (Å²) in [5.41, 5.74) is 4.71. The van der Waals surface area contributed by atoms with E-state index in [9.17, 15) is 10.2 Å². The van der Waals surface area contributed by atoms with Crippen molar-refractivity contribution in [3.8, 4) is 11.1 Å². The van der Waals surface area contributed by atoms with Crippen molar-refractivity contribution in [2.75, 3.05) is 0 Å². The molecule has 4 atom stereocenters. The molecular weight excluding hydrogens is 288 g/mol. The van der Waals surface area contributed by atoms with E-state index in [1.807, 2.05) is 24.3 Å². The van der Waals surface area contributed by atoms with Crippen LogP contribution in [0.3, 0.4) is 0 Å². The monoisotopic (exact) mass is 302 g/mol. The van der Waals surface area contributed by atoms with Gasteiger partial charge in [0.15, 0.2) is 0 Å². The fourth-order valence-electron chi connectivity index (χ4n) is 4.69.